The number of ether oxygens (including phenoxy) is 1. The Balaban J connectivity index is 3.29. The SMILES string of the molecule is COC(=O)c1cc(C(F)F)c(N)c(F)n1. The minimum absolute atomic E-state index is 0.542. The lowest BCUT2D eigenvalue weighted by Gasteiger charge is -2.06. The molecule has 0 unspecified atom stereocenters. The molecule has 0 spiro atoms. The predicted octanol–water partition coefficient (Wildman–Crippen LogP) is 1.53. The van der Waals surface area contributed by atoms with Gasteiger partial charge < -0.3 is 10.5 Å². The molecule has 0 fully saturated rings. The molecule has 0 aliphatic carbocycles. The van der Waals surface area contributed by atoms with E-state index in [-0.39, 0.29) is 0 Å². The first-order chi connectivity index (χ1) is 6.97. The summed E-state index contributed by atoms with van der Waals surface area (Å²) in [6.45, 7) is 0. The maximum atomic E-state index is 12.9. The van der Waals surface area contributed by atoms with Crippen LogP contribution in [0.3, 0.4) is 0 Å². The number of hydrogen-bond donors (Lipinski definition) is 1. The summed E-state index contributed by atoms with van der Waals surface area (Å²) in [6.07, 6.45) is -2.98. The molecule has 0 atom stereocenters. The monoisotopic (exact) mass is 220 g/mol. The Morgan fingerprint density at radius 1 is 1.60 bits per heavy atom. The molecule has 0 amide bonds. The van der Waals surface area contributed by atoms with Gasteiger partial charge in [0.05, 0.1) is 12.8 Å². The summed E-state index contributed by atoms with van der Waals surface area (Å²) in [5.41, 5.74) is 2.94. The summed E-state index contributed by atoms with van der Waals surface area (Å²) < 4.78 is 41.8. The molecule has 0 saturated carbocycles. The first-order valence-corrected chi connectivity index (χ1v) is 3.79. The Labute approximate surface area is 82.9 Å². The summed E-state index contributed by atoms with van der Waals surface area (Å²) in [5, 5.41) is 0. The van der Waals surface area contributed by atoms with Crippen LogP contribution in [0.1, 0.15) is 22.5 Å². The number of methoxy groups -OCH3 is 1. The molecule has 15 heavy (non-hydrogen) atoms. The van der Waals surface area contributed by atoms with Gasteiger partial charge in [0.15, 0.2) is 5.69 Å². The number of alkyl halides is 2. The average Bonchev–Trinajstić information content (AvgIpc) is 2.20. The second-order valence-electron chi connectivity index (χ2n) is 2.59. The molecule has 2 N–H and O–H groups in total. The lowest BCUT2D eigenvalue weighted by atomic mass is 10.2. The van der Waals surface area contributed by atoms with Crippen LogP contribution in [0.4, 0.5) is 18.9 Å². The fourth-order valence-electron chi connectivity index (χ4n) is 0.932. The van der Waals surface area contributed by atoms with Gasteiger partial charge in [-0.15, -0.1) is 0 Å². The molecule has 0 aromatic carbocycles. The lowest BCUT2D eigenvalue weighted by molar-refractivity contribution is 0.0592. The molecule has 1 aromatic heterocycles. The van der Waals surface area contributed by atoms with E-state index in [0.717, 1.165) is 7.11 Å². The molecule has 7 heteroatoms. The maximum absolute atomic E-state index is 12.9. The van der Waals surface area contributed by atoms with E-state index < -0.39 is 35.3 Å². The van der Waals surface area contributed by atoms with E-state index in [4.69, 9.17) is 5.73 Å². The van der Waals surface area contributed by atoms with Gasteiger partial charge in [-0.2, -0.15) is 4.39 Å². The summed E-state index contributed by atoms with van der Waals surface area (Å²) >= 11 is 0. The van der Waals surface area contributed by atoms with E-state index in [9.17, 15) is 18.0 Å². The topological polar surface area (TPSA) is 65.2 Å². The van der Waals surface area contributed by atoms with Crippen molar-refractivity contribution in [2.24, 2.45) is 0 Å². The number of nitrogens with zero attached hydrogens (tertiary/aromatic N) is 1. The van der Waals surface area contributed by atoms with Gasteiger partial charge >= 0.3 is 5.97 Å². The van der Waals surface area contributed by atoms with E-state index in [2.05, 4.69) is 9.72 Å². The fourth-order valence-corrected chi connectivity index (χ4v) is 0.932. The largest absolute Gasteiger partial charge is 0.464 e. The van der Waals surface area contributed by atoms with Crippen molar-refractivity contribution in [3.8, 4) is 0 Å². The maximum Gasteiger partial charge on any atom is 0.356 e. The normalized spacial score (nSPS) is 10.5. The first-order valence-electron chi connectivity index (χ1n) is 3.79. The number of carbonyl (C=O) groups is 1. The van der Waals surface area contributed by atoms with Crippen LogP contribution < -0.4 is 5.73 Å². The Morgan fingerprint density at radius 3 is 2.67 bits per heavy atom. The second kappa shape index (κ2) is 4.16. The summed E-state index contributed by atoms with van der Waals surface area (Å²) in [6, 6.07) is 0.703. The molecule has 0 radical (unpaired) electrons. The molecule has 1 rings (SSSR count). The Kier molecular flexibility index (Phi) is 3.13. The van der Waals surface area contributed by atoms with Gasteiger partial charge in [-0.3, -0.25) is 0 Å². The van der Waals surface area contributed by atoms with Crippen LogP contribution >= 0.6 is 0 Å². The molecule has 0 aliphatic heterocycles. The van der Waals surface area contributed by atoms with Crippen molar-refractivity contribution in [2.75, 3.05) is 12.8 Å². The van der Waals surface area contributed by atoms with Crippen LogP contribution in [-0.4, -0.2) is 18.1 Å². The highest BCUT2D eigenvalue weighted by molar-refractivity contribution is 5.87. The van der Waals surface area contributed by atoms with Crippen molar-refractivity contribution >= 4 is 11.7 Å². The number of esters is 1. The Hall–Kier alpha value is -1.79. The van der Waals surface area contributed by atoms with Crippen LogP contribution in [0.2, 0.25) is 0 Å². The van der Waals surface area contributed by atoms with Crippen molar-refractivity contribution < 1.29 is 22.7 Å². The quantitative estimate of drug-likeness (QED) is 0.606. The number of carbonyl (C=O) groups excluding carboxylic acids is 1. The first kappa shape index (κ1) is 11.3. The molecular weight excluding hydrogens is 213 g/mol. The van der Waals surface area contributed by atoms with Crippen molar-refractivity contribution in [3.63, 3.8) is 0 Å². The Morgan fingerprint density at radius 2 is 2.20 bits per heavy atom. The third-order valence-corrected chi connectivity index (χ3v) is 1.67. The summed E-state index contributed by atoms with van der Waals surface area (Å²) in [5.74, 6) is -2.32. The second-order valence-corrected chi connectivity index (χ2v) is 2.59. The number of nitrogens with two attached hydrogens (primary N) is 1. The van der Waals surface area contributed by atoms with E-state index in [0.29, 0.717) is 6.07 Å². The van der Waals surface area contributed by atoms with Crippen LogP contribution in [0.25, 0.3) is 0 Å². The zero-order valence-corrected chi connectivity index (χ0v) is 7.63. The van der Waals surface area contributed by atoms with Crippen molar-refractivity contribution in [1.82, 2.24) is 4.98 Å². The minimum atomic E-state index is -2.98. The molecule has 0 saturated heterocycles. The van der Waals surface area contributed by atoms with E-state index >= 15 is 0 Å². The van der Waals surface area contributed by atoms with Gasteiger partial charge in [-0.05, 0) is 6.07 Å². The van der Waals surface area contributed by atoms with Crippen molar-refractivity contribution in [1.29, 1.82) is 0 Å². The zero-order valence-electron chi connectivity index (χ0n) is 7.63. The standard InChI is InChI=1S/C8H7F3N2O2/c1-15-8(14)4-2-3(6(9)10)5(12)7(11)13-4/h2,6H,12H2,1H3. The molecule has 0 aliphatic rings. The van der Waals surface area contributed by atoms with Gasteiger partial charge in [0, 0.05) is 5.56 Å². The number of anilines is 1. The van der Waals surface area contributed by atoms with E-state index in [1.165, 1.54) is 0 Å². The number of pyridine rings is 1. The molecule has 1 heterocycles. The van der Waals surface area contributed by atoms with Gasteiger partial charge in [-0.25, -0.2) is 18.6 Å². The predicted molar refractivity (Wildman–Crippen MR) is 44.9 cm³/mol. The highest BCUT2D eigenvalue weighted by atomic mass is 19.3. The van der Waals surface area contributed by atoms with Gasteiger partial charge in [-0.1, -0.05) is 0 Å². The van der Waals surface area contributed by atoms with E-state index in [1.54, 1.807) is 0 Å². The van der Waals surface area contributed by atoms with Gasteiger partial charge in [0.2, 0.25) is 5.95 Å². The number of nitrogen functional groups attached to an aromatic ring is 1. The number of aromatic nitrogens is 1. The smallest absolute Gasteiger partial charge is 0.356 e. The number of rotatable bonds is 2. The highest BCUT2D eigenvalue weighted by Gasteiger charge is 2.20. The summed E-state index contributed by atoms with van der Waals surface area (Å²) in [4.78, 5) is 14.0. The third kappa shape index (κ3) is 2.17. The fraction of sp³-hybridized carbons (Fsp3) is 0.250. The van der Waals surface area contributed by atoms with Crippen LogP contribution in [0, 0.1) is 5.95 Å². The minimum Gasteiger partial charge on any atom is -0.464 e. The zero-order chi connectivity index (χ0) is 11.6. The molecule has 4 nitrogen and oxygen atoms in total. The summed E-state index contributed by atoms with van der Waals surface area (Å²) in [7, 11) is 1.03. The van der Waals surface area contributed by atoms with Crippen molar-refractivity contribution in [3.05, 3.63) is 23.3 Å². The van der Waals surface area contributed by atoms with Crippen LogP contribution in [-0.2, 0) is 4.74 Å². The number of hydrogen-bond acceptors (Lipinski definition) is 4. The van der Waals surface area contributed by atoms with Crippen LogP contribution in [0.5, 0.6) is 0 Å². The third-order valence-electron chi connectivity index (χ3n) is 1.67. The average molecular weight is 220 g/mol. The molecular formula is C8H7F3N2O2. The molecule has 1 aromatic rings. The molecule has 0 bridgehead atoms. The van der Waals surface area contributed by atoms with E-state index in [1.807, 2.05) is 0 Å². The molecule has 82 valence electrons. The lowest BCUT2D eigenvalue weighted by Crippen LogP contribution is -2.10. The van der Waals surface area contributed by atoms with Crippen molar-refractivity contribution in [2.45, 2.75) is 6.43 Å². The Bertz CT molecular complexity index is 396. The van der Waals surface area contributed by atoms with Gasteiger partial charge in [0.1, 0.15) is 0 Å². The highest BCUT2D eigenvalue weighted by Crippen LogP contribution is 2.26. The van der Waals surface area contributed by atoms with Gasteiger partial charge in [0.25, 0.3) is 6.43 Å². The van der Waals surface area contributed by atoms with Crippen LogP contribution in [0.15, 0.2) is 6.07 Å². The number of halogens is 3.